The van der Waals surface area contributed by atoms with Crippen molar-refractivity contribution in [2.75, 3.05) is 0 Å². The lowest BCUT2D eigenvalue weighted by Crippen LogP contribution is -2.33. The second-order valence-corrected chi connectivity index (χ2v) is 5.83. The highest BCUT2D eigenvalue weighted by molar-refractivity contribution is 5.75. The molecule has 0 bridgehead atoms. The average molecular weight is 376 g/mol. The van der Waals surface area contributed by atoms with Gasteiger partial charge in [0.15, 0.2) is 11.6 Å². The zero-order valence-corrected chi connectivity index (χ0v) is 14.2. The maximum atomic E-state index is 13.2. The largest absolute Gasteiger partial charge is 0.351 e. The van der Waals surface area contributed by atoms with Crippen LogP contribution < -0.4 is 11.0 Å². The molecule has 6 nitrogen and oxygen atoms in total. The van der Waals surface area contributed by atoms with Gasteiger partial charge in [0, 0.05) is 6.54 Å². The Kier molecular flexibility index (Phi) is 5.11. The number of hydrogen-bond donors (Lipinski definition) is 1. The molecule has 0 unspecified atom stereocenters. The maximum absolute atomic E-state index is 13.2. The van der Waals surface area contributed by atoms with Crippen molar-refractivity contribution in [3.05, 3.63) is 81.8 Å². The molecule has 0 radical (unpaired) electrons. The Morgan fingerprint density at radius 3 is 2.44 bits per heavy atom. The van der Waals surface area contributed by atoms with E-state index in [4.69, 9.17) is 0 Å². The topological polar surface area (TPSA) is 68.9 Å². The second-order valence-electron chi connectivity index (χ2n) is 5.83. The zero-order chi connectivity index (χ0) is 19.6. The van der Waals surface area contributed by atoms with Gasteiger partial charge in [-0.25, -0.2) is 18.0 Å². The van der Waals surface area contributed by atoms with E-state index in [0.717, 1.165) is 21.4 Å². The van der Waals surface area contributed by atoms with Gasteiger partial charge in [-0.15, -0.1) is 0 Å². The molecule has 140 valence electrons. The van der Waals surface area contributed by atoms with Crippen LogP contribution in [0.15, 0.2) is 47.3 Å². The number of rotatable bonds is 5. The Labute approximate surface area is 151 Å². The summed E-state index contributed by atoms with van der Waals surface area (Å²) in [6, 6.07) is 8.50. The van der Waals surface area contributed by atoms with Crippen LogP contribution in [0.5, 0.6) is 0 Å². The van der Waals surface area contributed by atoms with Crippen LogP contribution in [0, 0.1) is 24.4 Å². The van der Waals surface area contributed by atoms with E-state index in [1.165, 1.54) is 30.3 Å². The van der Waals surface area contributed by atoms with Gasteiger partial charge in [-0.05, 0) is 48.9 Å². The van der Waals surface area contributed by atoms with Crippen LogP contribution in [0.4, 0.5) is 13.2 Å². The van der Waals surface area contributed by atoms with E-state index in [2.05, 4.69) is 10.4 Å². The van der Waals surface area contributed by atoms with Gasteiger partial charge in [0.1, 0.15) is 18.2 Å². The van der Waals surface area contributed by atoms with Crippen molar-refractivity contribution in [2.45, 2.75) is 20.0 Å². The molecule has 1 heterocycles. The van der Waals surface area contributed by atoms with Gasteiger partial charge in [-0.2, -0.15) is 9.78 Å². The van der Waals surface area contributed by atoms with Gasteiger partial charge in [0.25, 0.3) is 0 Å². The molecule has 27 heavy (non-hydrogen) atoms. The van der Waals surface area contributed by atoms with Gasteiger partial charge in [-0.3, -0.25) is 9.36 Å². The molecule has 0 aliphatic rings. The van der Waals surface area contributed by atoms with Crippen molar-refractivity contribution in [2.24, 2.45) is 0 Å². The average Bonchev–Trinajstić information content (AvgIpc) is 2.91. The molecule has 1 N–H and O–H groups in total. The minimum Gasteiger partial charge on any atom is -0.350 e. The minimum atomic E-state index is -1.01. The fourth-order valence-electron chi connectivity index (χ4n) is 2.48. The summed E-state index contributed by atoms with van der Waals surface area (Å²) in [6.07, 6.45) is 0. The first-order valence-corrected chi connectivity index (χ1v) is 7.98. The first kappa shape index (κ1) is 18.4. The molecule has 0 saturated carbocycles. The lowest BCUT2D eigenvalue weighted by atomic mass is 10.2. The third-order valence-electron chi connectivity index (χ3n) is 3.89. The summed E-state index contributed by atoms with van der Waals surface area (Å²) >= 11 is 0. The summed E-state index contributed by atoms with van der Waals surface area (Å²) < 4.78 is 41.3. The standard InChI is InChI=1S/C18H15F3N4O2/c1-11-23-25(14-5-3-13(19)4-6-14)18(27)24(11)10-17(26)22-9-12-2-7-15(20)16(21)8-12/h2-8H,9-10H2,1H3,(H,22,26). The number of carbonyl (C=O) groups is 1. The Bertz CT molecular complexity index is 1040. The summed E-state index contributed by atoms with van der Waals surface area (Å²) in [5.74, 6) is -2.62. The lowest BCUT2D eigenvalue weighted by molar-refractivity contribution is -0.121. The number of hydrogen-bond acceptors (Lipinski definition) is 3. The Hall–Kier alpha value is -3.36. The molecule has 1 aromatic heterocycles. The van der Waals surface area contributed by atoms with E-state index in [-0.39, 0.29) is 13.1 Å². The number of aromatic nitrogens is 3. The Morgan fingerprint density at radius 1 is 1.07 bits per heavy atom. The summed E-state index contributed by atoms with van der Waals surface area (Å²) in [6.45, 7) is 1.25. The molecule has 0 saturated heterocycles. The molecule has 0 atom stereocenters. The normalized spacial score (nSPS) is 10.8. The molecule has 9 heteroatoms. The third-order valence-corrected chi connectivity index (χ3v) is 3.89. The van der Waals surface area contributed by atoms with E-state index in [1.807, 2.05) is 0 Å². The number of carbonyl (C=O) groups excluding carboxylic acids is 1. The summed E-state index contributed by atoms with van der Waals surface area (Å²) in [5, 5.41) is 6.61. The van der Waals surface area contributed by atoms with E-state index >= 15 is 0 Å². The fourth-order valence-corrected chi connectivity index (χ4v) is 2.48. The summed E-state index contributed by atoms with van der Waals surface area (Å²) in [4.78, 5) is 24.6. The molecular formula is C18H15F3N4O2. The number of halogens is 3. The number of benzene rings is 2. The van der Waals surface area contributed by atoms with Crippen LogP contribution in [0.2, 0.25) is 0 Å². The molecule has 1 amide bonds. The Morgan fingerprint density at radius 2 is 1.78 bits per heavy atom. The van der Waals surface area contributed by atoms with Gasteiger partial charge in [0.2, 0.25) is 5.91 Å². The molecule has 0 aliphatic heterocycles. The molecule has 3 aromatic rings. The highest BCUT2D eigenvalue weighted by Crippen LogP contribution is 2.09. The molecule has 0 aliphatic carbocycles. The summed E-state index contributed by atoms with van der Waals surface area (Å²) in [5.41, 5.74) is 0.195. The van der Waals surface area contributed by atoms with Crippen molar-refractivity contribution >= 4 is 5.91 Å². The van der Waals surface area contributed by atoms with Crippen molar-refractivity contribution < 1.29 is 18.0 Å². The van der Waals surface area contributed by atoms with Gasteiger partial charge < -0.3 is 5.32 Å². The highest BCUT2D eigenvalue weighted by atomic mass is 19.2. The van der Waals surface area contributed by atoms with Crippen molar-refractivity contribution in [1.29, 1.82) is 0 Å². The molecule has 0 spiro atoms. The van der Waals surface area contributed by atoms with Crippen LogP contribution >= 0.6 is 0 Å². The molecule has 2 aromatic carbocycles. The van der Waals surface area contributed by atoms with Gasteiger partial charge in [-0.1, -0.05) is 6.07 Å². The minimum absolute atomic E-state index is 0.0179. The van der Waals surface area contributed by atoms with E-state index in [0.29, 0.717) is 17.1 Å². The van der Waals surface area contributed by atoms with Crippen LogP contribution in [-0.2, 0) is 17.9 Å². The molecule has 3 rings (SSSR count). The van der Waals surface area contributed by atoms with E-state index in [9.17, 15) is 22.8 Å². The highest BCUT2D eigenvalue weighted by Gasteiger charge is 2.14. The maximum Gasteiger partial charge on any atom is 0.351 e. The quantitative estimate of drug-likeness (QED) is 0.741. The first-order chi connectivity index (χ1) is 12.8. The van der Waals surface area contributed by atoms with Gasteiger partial charge >= 0.3 is 5.69 Å². The molecule has 0 fully saturated rings. The zero-order valence-electron chi connectivity index (χ0n) is 14.2. The lowest BCUT2D eigenvalue weighted by Gasteiger charge is -2.06. The number of aryl methyl sites for hydroxylation is 1. The third kappa shape index (κ3) is 4.08. The van der Waals surface area contributed by atoms with Crippen LogP contribution in [-0.4, -0.2) is 20.3 Å². The van der Waals surface area contributed by atoms with Crippen molar-refractivity contribution in [3.8, 4) is 5.69 Å². The first-order valence-electron chi connectivity index (χ1n) is 7.98. The predicted octanol–water partition coefficient (Wildman–Crippen LogP) is 2.08. The summed E-state index contributed by atoms with van der Waals surface area (Å²) in [7, 11) is 0. The second kappa shape index (κ2) is 7.48. The van der Waals surface area contributed by atoms with E-state index < -0.39 is 29.0 Å². The SMILES string of the molecule is Cc1nn(-c2ccc(F)cc2)c(=O)n1CC(=O)NCc1ccc(F)c(F)c1. The van der Waals surface area contributed by atoms with Crippen LogP contribution in [0.1, 0.15) is 11.4 Å². The number of nitrogens with zero attached hydrogens (tertiary/aromatic N) is 3. The Balaban J connectivity index is 1.71. The van der Waals surface area contributed by atoms with Gasteiger partial charge in [0.05, 0.1) is 5.69 Å². The number of nitrogens with one attached hydrogen (secondary N) is 1. The smallest absolute Gasteiger partial charge is 0.350 e. The monoisotopic (exact) mass is 376 g/mol. The predicted molar refractivity (Wildman–Crippen MR) is 90.7 cm³/mol. The van der Waals surface area contributed by atoms with E-state index in [1.54, 1.807) is 6.92 Å². The van der Waals surface area contributed by atoms with Crippen LogP contribution in [0.3, 0.4) is 0 Å². The molecular weight excluding hydrogens is 361 g/mol. The fraction of sp³-hybridized carbons (Fsp3) is 0.167. The van der Waals surface area contributed by atoms with Crippen molar-refractivity contribution in [3.63, 3.8) is 0 Å². The van der Waals surface area contributed by atoms with Crippen molar-refractivity contribution in [1.82, 2.24) is 19.7 Å². The number of amides is 1. The van der Waals surface area contributed by atoms with Crippen LogP contribution in [0.25, 0.3) is 5.69 Å².